The van der Waals surface area contributed by atoms with E-state index < -0.39 is 39.3 Å². The smallest absolute Gasteiger partial charge is 0.339 e. The number of nitrogens with one attached hydrogen (secondary N) is 2. The molecule has 1 aliphatic rings. The van der Waals surface area contributed by atoms with Gasteiger partial charge in [-0.1, -0.05) is 27.7 Å². The van der Waals surface area contributed by atoms with Crippen molar-refractivity contribution in [2.45, 2.75) is 92.8 Å². The molecule has 0 spiro atoms. The summed E-state index contributed by atoms with van der Waals surface area (Å²) >= 11 is 0. The number of carbonyl (C=O) groups is 2. The van der Waals surface area contributed by atoms with Crippen LogP contribution in [0.25, 0.3) is 0 Å². The summed E-state index contributed by atoms with van der Waals surface area (Å²) in [6.07, 6.45) is 0.441. The number of hydrogen-bond donors (Lipinski definition) is 3. The molecule has 0 saturated heterocycles. The van der Waals surface area contributed by atoms with Gasteiger partial charge in [0, 0.05) is 31.6 Å². The predicted octanol–water partition coefficient (Wildman–Crippen LogP) is 3.71. The molecule has 37 heavy (non-hydrogen) atoms. The minimum Gasteiger partial charge on any atom is -0.456 e. The molecule has 0 radical (unpaired) electrons. The minimum atomic E-state index is -4.08. The molecule has 2 unspecified atom stereocenters. The van der Waals surface area contributed by atoms with Crippen LogP contribution in [0, 0.1) is 19.3 Å². The van der Waals surface area contributed by atoms with Gasteiger partial charge in [0.25, 0.3) is 10.2 Å². The van der Waals surface area contributed by atoms with Crippen LogP contribution in [-0.2, 0) is 24.5 Å². The number of ether oxygens (including phenoxy) is 2. The van der Waals surface area contributed by atoms with Crippen LogP contribution in [0.5, 0.6) is 0 Å². The van der Waals surface area contributed by atoms with Gasteiger partial charge in [-0.3, -0.25) is 4.79 Å². The Balaban J connectivity index is 2.96. The number of benzene rings is 1. The Morgan fingerprint density at radius 2 is 1.68 bits per heavy atom. The van der Waals surface area contributed by atoms with Crippen molar-refractivity contribution >= 4 is 33.5 Å². The Kier molecular flexibility index (Phi) is 9.44. The molecular formula is C26H44N4O6S. The maximum Gasteiger partial charge on any atom is 0.339 e. The van der Waals surface area contributed by atoms with Crippen molar-refractivity contribution in [1.29, 1.82) is 0 Å². The molecule has 11 heteroatoms. The van der Waals surface area contributed by atoms with Gasteiger partial charge < -0.3 is 19.7 Å². The Bertz CT molecular complexity index is 1140. The molecule has 210 valence electrons. The third kappa shape index (κ3) is 7.22. The first kappa shape index (κ1) is 31.0. The highest BCUT2D eigenvalue weighted by Gasteiger charge is 2.45. The van der Waals surface area contributed by atoms with Gasteiger partial charge in [-0.25, -0.2) is 9.93 Å². The molecule has 4 N–H and O–H groups in total. The lowest BCUT2D eigenvalue weighted by Crippen LogP contribution is -2.51. The van der Waals surface area contributed by atoms with Crippen molar-refractivity contribution in [3.63, 3.8) is 0 Å². The lowest BCUT2D eigenvalue weighted by molar-refractivity contribution is -0.123. The number of esters is 1. The number of anilines is 2. The Labute approximate surface area is 221 Å². The number of rotatable bonds is 9. The molecule has 0 aromatic heterocycles. The van der Waals surface area contributed by atoms with Crippen LogP contribution in [0.1, 0.15) is 94.3 Å². The van der Waals surface area contributed by atoms with Crippen LogP contribution in [0.3, 0.4) is 0 Å². The van der Waals surface area contributed by atoms with E-state index in [2.05, 4.69) is 10.0 Å². The standard InChI is InChI=1S/C26H44N4O6S/c1-11-13-30-21-19(17(12-14-35-10)22(30)29-37(27,33)34)15(2)18(23(31)36-26(7,8)9)16(3)20(21)28-24(32)25(4,5)6/h17,22,29H,11-14H2,1-10H3,(H,28,32)(H2,27,33,34). The first-order valence-corrected chi connectivity index (χ1v) is 14.2. The largest absolute Gasteiger partial charge is 0.456 e. The molecule has 0 bridgehead atoms. The highest BCUT2D eigenvalue weighted by Crippen LogP contribution is 2.51. The number of hydrogen-bond acceptors (Lipinski definition) is 7. The summed E-state index contributed by atoms with van der Waals surface area (Å²) in [6.45, 7) is 17.2. The fourth-order valence-electron chi connectivity index (χ4n) is 4.74. The van der Waals surface area contributed by atoms with E-state index in [0.29, 0.717) is 54.1 Å². The van der Waals surface area contributed by atoms with E-state index in [4.69, 9.17) is 14.6 Å². The van der Waals surface area contributed by atoms with Crippen molar-refractivity contribution in [3.05, 3.63) is 22.3 Å². The number of nitrogens with zero attached hydrogens (tertiary/aromatic N) is 1. The van der Waals surface area contributed by atoms with Gasteiger partial charge in [0.05, 0.1) is 16.9 Å². The van der Waals surface area contributed by atoms with E-state index in [-0.39, 0.29) is 5.91 Å². The zero-order valence-electron chi connectivity index (χ0n) is 23.9. The molecule has 0 aliphatic carbocycles. The number of methoxy groups -OCH3 is 1. The van der Waals surface area contributed by atoms with Crippen LogP contribution < -0.4 is 20.1 Å². The molecule has 0 fully saturated rings. The van der Waals surface area contributed by atoms with E-state index in [9.17, 15) is 18.0 Å². The first-order valence-electron chi connectivity index (χ1n) is 12.6. The van der Waals surface area contributed by atoms with Crippen LogP contribution >= 0.6 is 0 Å². The second kappa shape index (κ2) is 11.3. The zero-order chi connectivity index (χ0) is 28.5. The highest BCUT2D eigenvalue weighted by molar-refractivity contribution is 7.87. The second-order valence-corrected chi connectivity index (χ2v) is 13.0. The molecule has 2 rings (SSSR count). The van der Waals surface area contributed by atoms with E-state index in [0.717, 1.165) is 5.56 Å². The first-order chi connectivity index (χ1) is 16.8. The van der Waals surface area contributed by atoms with Crippen LogP contribution in [-0.4, -0.2) is 52.3 Å². The van der Waals surface area contributed by atoms with Crippen molar-refractivity contribution in [1.82, 2.24) is 4.72 Å². The Morgan fingerprint density at radius 3 is 2.14 bits per heavy atom. The van der Waals surface area contributed by atoms with E-state index in [1.54, 1.807) is 55.6 Å². The molecule has 0 saturated carbocycles. The van der Waals surface area contributed by atoms with E-state index in [1.165, 1.54) is 0 Å². The average Bonchev–Trinajstić information content (AvgIpc) is 2.99. The van der Waals surface area contributed by atoms with Crippen LogP contribution in [0.2, 0.25) is 0 Å². The van der Waals surface area contributed by atoms with Gasteiger partial charge in [0.15, 0.2) is 0 Å². The molecule has 2 atom stereocenters. The van der Waals surface area contributed by atoms with Gasteiger partial charge >= 0.3 is 5.97 Å². The number of fused-ring (bicyclic) bond motifs is 1. The van der Waals surface area contributed by atoms with Crippen molar-refractivity contribution in [3.8, 4) is 0 Å². The summed E-state index contributed by atoms with van der Waals surface area (Å²) in [5.74, 6) is -1.14. The maximum absolute atomic E-state index is 13.5. The van der Waals surface area contributed by atoms with Crippen LogP contribution in [0.4, 0.5) is 11.4 Å². The predicted molar refractivity (Wildman–Crippen MR) is 146 cm³/mol. The van der Waals surface area contributed by atoms with E-state index in [1.807, 2.05) is 18.7 Å². The second-order valence-electron chi connectivity index (χ2n) is 11.7. The van der Waals surface area contributed by atoms with E-state index >= 15 is 0 Å². The number of nitrogens with two attached hydrogens (primary N) is 1. The Morgan fingerprint density at radius 1 is 1.08 bits per heavy atom. The summed E-state index contributed by atoms with van der Waals surface area (Å²) in [5.41, 5.74) is 2.07. The van der Waals surface area contributed by atoms with Crippen molar-refractivity contribution in [2.75, 3.05) is 30.5 Å². The molecule has 1 aromatic carbocycles. The highest BCUT2D eigenvalue weighted by atomic mass is 32.2. The molecule has 1 aliphatic heterocycles. The third-order valence-electron chi connectivity index (χ3n) is 6.30. The molecule has 10 nitrogen and oxygen atoms in total. The van der Waals surface area contributed by atoms with Gasteiger partial charge in [-0.15, -0.1) is 0 Å². The fourth-order valence-corrected chi connectivity index (χ4v) is 5.37. The summed E-state index contributed by atoms with van der Waals surface area (Å²) in [6, 6.07) is 0. The molecule has 1 amide bonds. The summed E-state index contributed by atoms with van der Waals surface area (Å²) in [7, 11) is -2.50. The average molecular weight is 541 g/mol. The summed E-state index contributed by atoms with van der Waals surface area (Å²) in [5, 5.41) is 8.51. The zero-order valence-corrected chi connectivity index (χ0v) is 24.7. The normalized spacial score (nSPS) is 18.1. The van der Waals surface area contributed by atoms with Crippen molar-refractivity contribution in [2.24, 2.45) is 10.6 Å². The topological polar surface area (TPSA) is 140 Å². The lowest BCUT2D eigenvalue weighted by Gasteiger charge is -2.32. The minimum absolute atomic E-state index is 0.232. The number of carbonyl (C=O) groups excluding carboxylic acids is 2. The third-order valence-corrected chi connectivity index (χ3v) is 6.87. The molecule has 1 heterocycles. The monoisotopic (exact) mass is 540 g/mol. The van der Waals surface area contributed by atoms with Crippen molar-refractivity contribution < 1.29 is 27.5 Å². The van der Waals surface area contributed by atoms with Gasteiger partial charge in [-0.2, -0.15) is 13.1 Å². The Hall–Kier alpha value is -2.21. The maximum atomic E-state index is 13.5. The van der Waals surface area contributed by atoms with Gasteiger partial charge in [0.2, 0.25) is 5.91 Å². The lowest BCUT2D eigenvalue weighted by atomic mass is 9.86. The fraction of sp³-hybridized carbons (Fsp3) is 0.692. The van der Waals surface area contributed by atoms with Gasteiger partial charge in [-0.05, 0) is 64.2 Å². The molecular weight excluding hydrogens is 496 g/mol. The quantitative estimate of drug-likeness (QED) is 0.406. The summed E-state index contributed by atoms with van der Waals surface area (Å²) < 4.78 is 38.2. The molecule has 1 aromatic rings. The SMILES string of the molecule is CCCN1c2c(NC(=O)C(C)(C)C)c(C)c(C(=O)OC(C)(C)C)c(C)c2C(CCOC)C1NS(N)(=O)=O. The van der Waals surface area contributed by atoms with Crippen LogP contribution in [0.15, 0.2) is 0 Å². The summed E-state index contributed by atoms with van der Waals surface area (Å²) in [4.78, 5) is 28.6. The number of amides is 1. The van der Waals surface area contributed by atoms with Gasteiger partial charge in [0.1, 0.15) is 11.8 Å².